The Hall–Kier alpha value is -1.66. The number of amides is 1. The predicted octanol–water partition coefficient (Wildman–Crippen LogP) is 0.391. The van der Waals surface area contributed by atoms with Crippen molar-refractivity contribution in [1.29, 1.82) is 0 Å². The molecule has 1 amide bonds. The molecule has 0 radical (unpaired) electrons. The van der Waals surface area contributed by atoms with Crippen LogP contribution in [0, 0.1) is 0 Å². The van der Waals surface area contributed by atoms with Crippen molar-refractivity contribution in [2.75, 3.05) is 0 Å². The van der Waals surface area contributed by atoms with Gasteiger partial charge in [0.25, 0.3) is 0 Å². The van der Waals surface area contributed by atoms with Crippen LogP contribution < -0.4 is 5.32 Å². The summed E-state index contributed by atoms with van der Waals surface area (Å²) < 4.78 is 5.01. The van der Waals surface area contributed by atoms with Gasteiger partial charge in [-0.1, -0.05) is 0 Å². The third-order valence-corrected chi connectivity index (χ3v) is 2.45. The number of hydrogen-bond acceptors (Lipinski definition) is 5. The van der Waals surface area contributed by atoms with E-state index in [-0.39, 0.29) is 18.9 Å². The number of ketones is 1. The largest absolute Gasteiger partial charge is 0.461 e. The second-order valence-electron chi connectivity index (χ2n) is 4.47. The van der Waals surface area contributed by atoms with Gasteiger partial charge in [0.05, 0.1) is 11.4 Å². The molecule has 0 aromatic heterocycles. The fraction of sp³-hybridized carbons (Fsp3) is 0.667. The molecule has 7 nitrogen and oxygen atoms in total. The van der Waals surface area contributed by atoms with E-state index in [2.05, 4.69) is 22.7 Å². The standard InChI is InChI=1S/C12H19N3O4S/c1-7(2)19-12(18)10(15-11(17)8(3)20)5-4-9(16)6-14-13/h6-8,10,20H,4-5H2,1-3H3,(H,15,17)/t8-,10-/m0/s1. The van der Waals surface area contributed by atoms with Crippen LogP contribution in [0.1, 0.15) is 33.6 Å². The maximum atomic E-state index is 11.8. The van der Waals surface area contributed by atoms with Gasteiger partial charge < -0.3 is 15.6 Å². The highest BCUT2D eigenvalue weighted by atomic mass is 32.1. The molecule has 0 fully saturated rings. The van der Waals surface area contributed by atoms with E-state index in [0.717, 1.165) is 6.21 Å². The van der Waals surface area contributed by atoms with Crippen molar-refractivity contribution >= 4 is 36.5 Å². The third-order valence-electron chi connectivity index (χ3n) is 2.21. The summed E-state index contributed by atoms with van der Waals surface area (Å²) in [5.74, 6) is -1.50. The quantitative estimate of drug-likeness (QED) is 0.222. The smallest absolute Gasteiger partial charge is 0.328 e. The number of thiol groups is 1. The van der Waals surface area contributed by atoms with Crippen LogP contribution in [0.4, 0.5) is 0 Å². The van der Waals surface area contributed by atoms with E-state index < -0.39 is 29.0 Å². The summed E-state index contributed by atoms with van der Waals surface area (Å²) in [6.45, 7) is 4.93. The van der Waals surface area contributed by atoms with Gasteiger partial charge in [-0.05, 0) is 27.2 Å². The molecule has 20 heavy (non-hydrogen) atoms. The Morgan fingerprint density at radius 3 is 2.40 bits per heavy atom. The Bertz CT molecular complexity index is 417. The zero-order valence-electron chi connectivity index (χ0n) is 11.7. The maximum Gasteiger partial charge on any atom is 0.328 e. The van der Waals surface area contributed by atoms with Crippen molar-refractivity contribution in [1.82, 2.24) is 5.32 Å². The first-order valence-electron chi connectivity index (χ1n) is 6.17. The van der Waals surface area contributed by atoms with Crippen molar-refractivity contribution in [2.24, 2.45) is 0 Å². The van der Waals surface area contributed by atoms with E-state index in [0.29, 0.717) is 0 Å². The number of esters is 1. The molecule has 8 heteroatoms. The molecule has 2 atom stereocenters. The number of nitrogens with zero attached hydrogens (tertiary/aromatic N) is 2. The summed E-state index contributed by atoms with van der Waals surface area (Å²) in [5.41, 5.74) is 8.23. The maximum absolute atomic E-state index is 11.8. The van der Waals surface area contributed by atoms with Gasteiger partial charge >= 0.3 is 12.2 Å². The second kappa shape index (κ2) is 9.28. The number of rotatable bonds is 8. The lowest BCUT2D eigenvalue weighted by Crippen LogP contribution is -2.45. The topological polar surface area (TPSA) is 109 Å². The van der Waals surface area contributed by atoms with Crippen LogP contribution in [0.25, 0.3) is 5.53 Å². The highest BCUT2D eigenvalue weighted by Gasteiger charge is 2.25. The van der Waals surface area contributed by atoms with Crippen LogP contribution in [0.15, 0.2) is 0 Å². The predicted molar refractivity (Wildman–Crippen MR) is 75.5 cm³/mol. The lowest BCUT2D eigenvalue weighted by molar-refractivity contribution is -0.151. The fourth-order valence-corrected chi connectivity index (χ4v) is 1.35. The van der Waals surface area contributed by atoms with E-state index in [1.54, 1.807) is 20.8 Å². The second-order valence-corrected chi connectivity index (χ2v) is 5.25. The Balaban J connectivity index is 4.69. The Labute approximate surface area is 123 Å². The Kier molecular flexibility index (Phi) is 8.51. The van der Waals surface area contributed by atoms with Crippen molar-refractivity contribution < 1.29 is 23.9 Å². The molecule has 0 aromatic rings. The summed E-state index contributed by atoms with van der Waals surface area (Å²) in [6.07, 6.45) is 0.421. The summed E-state index contributed by atoms with van der Waals surface area (Å²) in [7, 11) is 0. The van der Waals surface area contributed by atoms with Crippen LogP contribution in [0.3, 0.4) is 0 Å². The van der Waals surface area contributed by atoms with Crippen LogP contribution >= 0.6 is 12.6 Å². The van der Waals surface area contributed by atoms with Gasteiger partial charge in [-0.3, -0.25) is 9.59 Å². The zero-order valence-corrected chi connectivity index (χ0v) is 12.6. The number of ether oxygens (including phenoxy) is 1. The Morgan fingerprint density at radius 2 is 1.95 bits per heavy atom. The van der Waals surface area contributed by atoms with E-state index in [1.165, 1.54) is 0 Å². The average molecular weight is 301 g/mol. The van der Waals surface area contributed by atoms with Crippen molar-refractivity contribution in [2.45, 2.75) is 51.0 Å². The molecule has 0 spiro atoms. The van der Waals surface area contributed by atoms with Crippen molar-refractivity contribution in [3.63, 3.8) is 0 Å². The van der Waals surface area contributed by atoms with E-state index >= 15 is 0 Å². The first-order chi connectivity index (χ1) is 9.27. The summed E-state index contributed by atoms with van der Waals surface area (Å²) >= 11 is 3.96. The highest BCUT2D eigenvalue weighted by Crippen LogP contribution is 2.05. The van der Waals surface area contributed by atoms with Crippen LogP contribution in [-0.2, 0) is 19.1 Å². The molecule has 0 rings (SSSR count). The van der Waals surface area contributed by atoms with Crippen molar-refractivity contribution in [3.8, 4) is 0 Å². The molecule has 0 aliphatic rings. The summed E-state index contributed by atoms with van der Waals surface area (Å²) in [5, 5.41) is 1.89. The molecule has 0 saturated carbocycles. The molecule has 0 aliphatic carbocycles. The molecule has 0 aromatic carbocycles. The van der Waals surface area contributed by atoms with Crippen molar-refractivity contribution in [3.05, 3.63) is 5.53 Å². The van der Waals surface area contributed by atoms with Crippen LogP contribution in [0.5, 0.6) is 0 Å². The van der Waals surface area contributed by atoms with Gasteiger partial charge in [-0.15, -0.1) is 0 Å². The molecule has 0 aliphatic heterocycles. The number of carbonyl (C=O) groups is 3. The lowest BCUT2D eigenvalue weighted by atomic mass is 10.1. The Morgan fingerprint density at radius 1 is 1.35 bits per heavy atom. The van der Waals surface area contributed by atoms with Crippen LogP contribution in [0.2, 0.25) is 0 Å². The highest BCUT2D eigenvalue weighted by molar-refractivity contribution is 7.81. The van der Waals surface area contributed by atoms with Gasteiger partial charge in [-0.2, -0.15) is 17.4 Å². The molecule has 0 unspecified atom stereocenters. The molecular weight excluding hydrogens is 282 g/mol. The number of nitrogens with one attached hydrogen (secondary N) is 1. The zero-order chi connectivity index (χ0) is 15.7. The molecule has 112 valence electrons. The molecule has 0 bridgehead atoms. The number of hydrogen-bond donors (Lipinski definition) is 2. The normalized spacial score (nSPS) is 13.1. The van der Waals surface area contributed by atoms with Gasteiger partial charge in [0.2, 0.25) is 11.7 Å². The first kappa shape index (κ1) is 18.3. The molecular formula is C12H19N3O4S. The van der Waals surface area contributed by atoms with E-state index in [9.17, 15) is 14.4 Å². The molecule has 0 heterocycles. The number of carbonyl (C=O) groups excluding carboxylic acids is 3. The SMILES string of the molecule is CC(C)OC(=O)[C@H](CCC(=O)C=[N+]=[N-])NC(=O)[C@H](C)S. The number of Topliss-reactive ketones (excluding diaryl/α,β-unsaturated/α-hetero) is 1. The van der Waals surface area contributed by atoms with E-state index in [4.69, 9.17) is 10.3 Å². The minimum Gasteiger partial charge on any atom is -0.461 e. The molecule has 1 N–H and O–H groups in total. The average Bonchev–Trinajstić information content (AvgIpc) is 2.33. The van der Waals surface area contributed by atoms with E-state index in [1.807, 2.05) is 0 Å². The van der Waals surface area contributed by atoms with Gasteiger partial charge in [0.1, 0.15) is 6.04 Å². The fourth-order valence-electron chi connectivity index (χ4n) is 1.27. The molecule has 0 saturated heterocycles. The van der Waals surface area contributed by atoms with Gasteiger partial charge in [-0.25, -0.2) is 4.79 Å². The van der Waals surface area contributed by atoms with Gasteiger partial charge in [0, 0.05) is 6.42 Å². The van der Waals surface area contributed by atoms with Crippen LogP contribution in [-0.4, -0.2) is 46.1 Å². The minimum absolute atomic E-state index is 0.0524. The lowest BCUT2D eigenvalue weighted by Gasteiger charge is -2.19. The monoisotopic (exact) mass is 301 g/mol. The minimum atomic E-state index is -0.935. The van der Waals surface area contributed by atoms with Gasteiger partial charge in [0.15, 0.2) is 0 Å². The third kappa shape index (κ3) is 7.70. The first-order valence-corrected chi connectivity index (χ1v) is 6.68. The summed E-state index contributed by atoms with van der Waals surface area (Å²) in [6, 6.07) is -0.935. The summed E-state index contributed by atoms with van der Waals surface area (Å²) in [4.78, 5) is 37.2.